The first-order valence-electron chi connectivity index (χ1n) is 6.43. The van der Waals surface area contributed by atoms with E-state index in [9.17, 15) is 15.0 Å². The predicted molar refractivity (Wildman–Crippen MR) is 80.0 cm³/mol. The molecule has 21 heavy (non-hydrogen) atoms. The number of aromatic hydroxyl groups is 1. The number of aliphatic hydroxyl groups excluding tert-OH is 1. The Bertz CT molecular complexity index is 654. The zero-order chi connectivity index (χ0) is 15.2. The van der Waals surface area contributed by atoms with Crippen molar-refractivity contribution in [1.82, 2.24) is 5.43 Å². The van der Waals surface area contributed by atoms with E-state index in [-0.39, 0.29) is 5.75 Å². The molecule has 0 unspecified atom stereocenters. The van der Waals surface area contributed by atoms with Gasteiger partial charge in [0.1, 0.15) is 5.75 Å². The van der Waals surface area contributed by atoms with Gasteiger partial charge in [-0.15, -0.1) is 0 Å². The second kappa shape index (κ2) is 6.67. The number of hydrogen-bond acceptors (Lipinski definition) is 4. The van der Waals surface area contributed by atoms with Crippen LogP contribution in [0.1, 0.15) is 22.8 Å². The molecule has 3 N–H and O–H groups in total. The Labute approximate surface area is 122 Å². The molecule has 0 fully saturated rings. The number of benzene rings is 2. The van der Waals surface area contributed by atoms with Gasteiger partial charge in [-0.25, -0.2) is 5.43 Å². The molecule has 0 aliphatic rings. The Kier molecular flexibility index (Phi) is 4.68. The molecule has 0 saturated carbocycles. The standard InChI is InChI=1S/C16H16N2O3/c1-11-7-8-14(19)13(9-11)10-17-18-16(21)15(20)12-5-3-2-4-6-12/h2-10,15,19-20H,1H3,(H,18,21)/b17-10+/t15-/m0/s1. The number of nitrogens with one attached hydrogen (secondary N) is 1. The van der Waals surface area contributed by atoms with Crippen molar-refractivity contribution < 1.29 is 15.0 Å². The number of carbonyl (C=O) groups is 1. The van der Waals surface area contributed by atoms with Gasteiger partial charge in [0, 0.05) is 5.56 Å². The van der Waals surface area contributed by atoms with Crippen LogP contribution in [0, 0.1) is 6.92 Å². The molecule has 0 aliphatic carbocycles. The Balaban J connectivity index is 2.01. The maximum atomic E-state index is 11.7. The summed E-state index contributed by atoms with van der Waals surface area (Å²) in [5.74, 6) is -0.563. The normalized spacial score (nSPS) is 12.3. The molecule has 2 rings (SSSR count). The van der Waals surface area contributed by atoms with Gasteiger partial charge in [0.15, 0.2) is 6.10 Å². The lowest BCUT2D eigenvalue weighted by Gasteiger charge is -2.08. The van der Waals surface area contributed by atoms with Crippen LogP contribution in [0.25, 0.3) is 0 Å². The summed E-state index contributed by atoms with van der Waals surface area (Å²) in [5.41, 5.74) is 4.19. The van der Waals surface area contributed by atoms with Crippen molar-refractivity contribution in [3.05, 3.63) is 65.2 Å². The molecule has 0 spiro atoms. The molecule has 0 bridgehead atoms. The molecular formula is C16H16N2O3. The van der Waals surface area contributed by atoms with Gasteiger partial charge in [-0.05, 0) is 24.6 Å². The number of rotatable bonds is 4. The number of hydrazone groups is 1. The van der Waals surface area contributed by atoms with E-state index in [0.717, 1.165) is 5.56 Å². The highest BCUT2D eigenvalue weighted by molar-refractivity contribution is 5.86. The Hall–Kier alpha value is -2.66. The van der Waals surface area contributed by atoms with E-state index in [0.29, 0.717) is 11.1 Å². The maximum absolute atomic E-state index is 11.7. The van der Waals surface area contributed by atoms with E-state index in [4.69, 9.17) is 0 Å². The molecule has 0 aromatic heterocycles. The SMILES string of the molecule is Cc1ccc(O)c(/C=N/NC(=O)[C@@H](O)c2ccccc2)c1. The summed E-state index contributed by atoms with van der Waals surface area (Å²) >= 11 is 0. The monoisotopic (exact) mass is 284 g/mol. The van der Waals surface area contributed by atoms with Crippen molar-refractivity contribution in [2.45, 2.75) is 13.0 Å². The van der Waals surface area contributed by atoms with Crippen LogP contribution in [-0.2, 0) is 4.79 Å². The molecule has 0 radical (unpaired) electrons. The number of carbonyl (C=O) groups excluding carboxylic acids is 1. The highest BCUT2D eigenvalue weighted by Crippen LogP contribution is 2.16. The highest BCUT2D eigenvalue weighted by Gasteiger charge is 2.15. The second-order valence-corrected chi connectivity index (χ2v) is 4.61. The fraction of sp³-hybridized carbons (Fsp3) is 0.125. The van der Waals surface area contributed by atoms with Gasteiger partial charge in [-0.2, -0.15) is 5.10 Å². The first kappa shape index (κ1) is 14.7. The van der Waals surface area contributed by atoms with Gasteiger partial charge < -0.3 is 10.2 Å². The Morgan fingerprint density at radius 1 is 1.24 bits per heavy atom. The summed E-state index contributed by atoms with van der Waals surface area (Å²) in [6, 6.07) is 13.6. The number of amides is 1. The molecule has 0 aliphatic heterocycles. The second-order valence-electron chi connectivity index (χ2n) is 4.61. The van der Waals surface area contributed by atoms with Crippen LogP contribution in [0.15, 0.2) is 53.6 Å². The van der Waals surface area contributed by atoms with Crippen LogP contribution in [0.5, 0.6) is 5.75 Å². The minimum atomic E-state index is -1.28. The van der Waals surface area contributed by atoms with Crippen LogP contribution >= 0.6 is 0 Å². The molecule has 2 aromatic carbocycles. The van der Waals surface area contributed by atoms with Crippen molar-refractivity contribution in [2.75, 3.05) is 0 Å². The predicted octanol–water partition coefficient (Wildman–Crippen LogP) is 1.88. The lowest BCUT2D eigenvalue weighted by molar-refractivity contribution is -0.129. The Morgan fingerprint density at radius 3 is 2.67 bits per heavy atom. The highest BCUT2D eigenvalue weighted by atomic mass is 16.3. The molecule has 2 aromatic rings. The van der Waals surface area contributed by atoms with Crippen LogP contribution < -0.4 is 5.43 Å². The third-order valence-corrected chi connectivity index (χ3v) is 2.93. The Morgan fingerprint density at radius 2 is 1.95 bits per heavy atom. The average molecular weight is 284 g/mol. The first-order chi connectivity index (χ1) is 10.1. The first-order valence-corrected chi connectivity index (χ1v) is 6.43. The van der Waals surface area contributed by atoms with Gasteiger partial charge >= 0.3 is 0 Å². The van der Waals surface area contributed by atoms with Crippen LogP contribution in [-0.4, -0.2) is 22.3 Å². The summed E-state index contributed by atoms with van der Waals surface area (Å²) in [6.45, 7) is 1.88. The lowest BCUT2D eigenvalue weighted by Crippen LogP contribution is -2.25. The molecular weight excluding hydrogens is 268 g/mol. The van der Waals surface area contributed by atoms with Gasteiger partial charge in [-0.1, -0.05) is 42.0 Å². The maximum Gasteiger partial charge on any atom is 0.273 e. The third-order valence-electron chi connectivity index (χ3n) is 2.93. The molecule has 108 valence electrons. The number of aliphatic hydroxyl groups is 1. The van der Waals surface area contributed by atoms with Crippen molar-refractivity contribution >= 4 is 12.1 Å². The van der Waals surface area contributed by atoms with Crippen LogP contribution in [0.3, 0.4) is 0 Å². The molecule has 1 amide bonds. The van der Waals surface area contributed by atoms with E-state index in [2.05, 4.69) is 10.5 Å². The zero-order valence-corrected chi connectivity index (χ0v) is 11.5. The molecule has 5 heteroatoms. The minimum Gasteiger partial charge on any atom is -0.507 e. The number of hydrogen-bond donors (Lipinski definition) is 3. The van der Waals surface area contributed by atoms with Crippen molar-refractivity contribution in [2.24, 2.45) is 5.10 Å². The van der Waals surface area contributed by atoms with E-state index in [1.165, 1.54) is 6.21 Å². The topological polar surface area (TPSA) is 81.9 Å². The van der Waals surface area contributed by atoms with Gasteiger partial charge in [0.05, 0.1) is 6.21 Å². The summed E-state index contributed by atoms with van der Waals surface area (Å²) in [6.07, 6.45) is 0.0484. The quantitative estimate of drug-likeness (QED) is 0.592. The van der Waals surface area contributed by atoms with E-state index in [1.54, 1.807) is 48.5 Å². The minimum absolute atomic E-state index is 0.0715. The van der Waals surface area contributed by atoms with E-state index < -0.39 is 12.0 Å². The lowest BCUT2D eigenvalue weighted by atomic mass is 10.1. The van der Waals surface area contributed by atoms with Crippen molar-refractivity contribution in [3.8, 4) is 5.75 Å². The summed E-state index contributed by atoms with van der Waals surface area (Å²) in [4.78, 5) is 11.7. The number of phenolic OH excluding ortho intramolecular Hbond substituents is 1. The number of nitrogens with zero attached hydrogens (tertiary/aromatic N) is 1. The molecule has 5 nitrogen and oxygen atoms in total. The van der Waals surface area contributed by atoms with Crippen LogP contribution in [0.4, 0.5) is 0 Å². The van der Waals surface area contributed by atoms with Crippen LogP contribution in [0.2, 0.25) is 0 Å². The molecule has 1 atom stereocenters. The fourth-order valence-corrected chi connectivity index (χ4v) is 1.79. The number of phenols is 1. The summed E-state index contributed by atoms with van der Waals surface area (Å²) in [5, 5.41) is 23.2. The van der Waals surface area contributed by atoms with Gasteiger partial charge in [0.2, 0.25) is 0 Å². The largest absolute Gasteiger partial charge is 0.507 e. The fourth-order valence-electron chi connectivity index (χ4n) is 1.79. The van der Waals surface area contributed by atoms with E-state index in [1.807, 2.05) is 6.92 Å². The molecule has 0 heterocycles. The van der Waals surface area contributed by atoms with Crippen molar-refractivity contribution in [3.63, 3.8) is 0 Å². The van der Waals surface area contributed by atoms with Crippen molar-refractivity contribution in [1.29, 1.82) is 0 Å². The molecule has 0 saturated heterocycles. The zero-order valence-electron chi connectivity index (χ0n) is 11.5. The average Bonchev–Trinajstić information content (AvgIpc) is 2.50. The smallest absolute Gasteiger partial charge is 0.273 e. The van der Waals surface area contributed by atoms with E-state index >= 15 is 0 Å². The van der Waals surface area contributed by atoms with Gasteiger partial charge in [-0.3, -0.25) is 4.79 Å². The summed E-state index contributed by atoms with van der Waals surface area (Å²) < 4.78 is 0. The van der Waals surface area contributed by atoms with Gasteiger partial charge in [0.25, 0.3) is 5.91 Å². The number of aryl methyl sites for hydroxylation is 1. The third kappa shape index (κ3) is 3.90. The summed E-state index contributed by atoms with van der Waals surface area (Å²) in [7, 11) is 0.